The fourth-order valence-electron chi connectivity index (χ4n) is 1.52. The zero-order valence-corrected chi connectivity index (χ0v) is 11.7. The summed E-state index contributed by atoms with van der Waals surface area (Å²) in [6.07, 6.45) is 0. The molecule has 0 bridgehead atoms. The third-order valence-electron chi connectivity index (χ3n) is 2.59. The van der Waals surface area contributed by atoms with E-state index in [1.54, 1.807) is 12.1 Å². The van der Waals surface area contributed by atoms with Gasteiger partial charge in [0, 0.05) is 5.02 Å². The van der Waals surface area contributed by atoms with Crippen LogP contribution in [0.3, 0.4) is 0 Å². The van der Waals surface area contributed by atoms with E-state index in [1.165, 1.54) is 36.4 Å². The fraction of sp³-hybridized carbons (Fsp3) is 0.0769. The van der Waals surface area contributed by atoms with E-state index >= 15 is 0 Å². The van der Waals surface area contributed by atoms with Crippen molar-refractivity contribution < 1.29 is 13.6 Å². The van der Waals surface area contributed by atoms with Gasteiger partial charge in [-0.05, 0) is 43.3 Å². The van der Waals surface area contributed by atoms with Crippen LogP contribution in [-0.2, 0) is 10.0 Å². The standard InChI is InChI=1S/C13H12ClNO3S/c1-10-2-8-13(9-3-10)19(17,18)15(16)12-6-4-11(14)5-7-12/h2-9,16H,1H3. The number of rotatable bonds is 3. The number of hydrogen-bond donors (Lipinski definition) is 1. The molecule has 0 spiro atoms. The van der Waals surface area contributed by atoms with Crippen LogP contribution in [0.5, 0.6) is 0 Å². The Kier molecular flexibility index (Phi) is 3.80. The highest BCUT2D eigenvalue weighted by Crippen LogP contribution is 2.23. The van der Waals surface area contributed by atoms with Crippen molar-refractivity contribution in [1.82, 2.24) is 0 Å². The molecule has 0 aliphatic carbocycles. The van der Waals surface area contributed by atoms with E-state index in [4.69, 9.17) is 11.6 Å². The van der Waals surface area contributed by atoms with Gasteiger partial charge in [0.25, 0.3) is 10.0 Å². The summed E-state index contributed by atoms with van der Waals surface area (Å²) >= 11 is 5.72. The molecule has 2 aromatic carbocycles. The lowest BCUT2D eigenvalue weighted by atomic mass is 10.2. The molecule has 0 unspecified atom stereocenters. The maximum atomic E-state index is 12.2. The molecule has 0 aliphatic heterocycles. The summed E-state index contributed by atoms with van der Waals surface area (Å²) in [4.78, 5) is 0.0237. The summed E-state index contributed by atoms with van der Waals surface area (Å²) in [6, 6.07) is 12.1. The van der Waals surface area contributed by atoms with Crippen molar-refractivity contribution >= 4 is 27.3 Å². The lowest BCUT2D eigenvalue weighted by molar-refractivity contribution is 0.316. The van der Waals surface area contributed by atoms with E-state index in [2.05, 4.69) is 0 Å². The lowest BCUT2D eigenvalue weighted by Gasteiger charge is -2.17. The molecule has 100 valence electrons. The molecule has 6 heteroatoms. The molecule has 0 amide bonds. The number of sulfonamides is 1. The second kappa shape index (κ2) is 5.21. The van der Waals surface area contributed by atoms with Crippen molar-refractivity contribution in [3.63, 3.8) is 0 Å². The summed E-state index contributed by atoms with van der Waals surface area (Å²) in [5.41, 5.74) is 1.07. The van der Waals surface area contributed by atoms with Crippen LogP contribution < -0.4 is 4.47 Å². The van der Waals surface area contributed by atoms with E-state index in [-0.39, 0.29) is 15.1 Å². The van der Waals surface area contributed by atoms with Gasteiger partial charge in [0.15, 0.2) is 0 Å². The van der Waals surface area contributed by atoms with E-state index < -0.39 is 10.0 Å². The van der Waals surface area contributed by atoms with E-state index in [0.29, 0.717) is 5.02 Å². The Morgan fingerprint density at radius 3 is 2.05 bits per heavy atom. The number of aryl methyl sites for hydroxylation is 1. The monoisotopic (exact) mass is 297 g/mol. The third kappa shape index (κ3) is 2.89. The smallest absolute Gasteiger partial charge is 0.274 e. The van der Waals surface area contributed by atoms with Crippen LogP contribution in [0.25, 0.3) is 0 Å². The van der Waals surface area contributed by atoms with Crippen LogP contribution in [0.1, 0.15) is 5.56 Å². The molecular weight excluding hydrogens is 286 g/mol. The van der Waals surface area contributed by atoms with Crippen LogP contribution in [0.15, 0.2) is 53.4 Å². The van der Waals surface area contributed by atoms with E-state index in [1.807, 2.05) is 6.92 Å². The minimum absolute atomic E-state index is 0.0237. The van der Waals surface area contributed by atoms with Crippen LogP contribution in [0.4, 0.5) is 5.69 Å². The van der Waals surface area contributed by atoms with Gasteiger partial charge in [-0.1, -0.05) is 29.3 Å². The van der Waals surface area contributed by atoms with Crippen molar-refractivity contribution in [2.24, 2.45) is 0 Å². The molecule has 2 rings (SSSR count). The SMILES string of the molecule is Cc1ccc(S(=O)(=O)N(O)c2ccc(Cl)cc2)cc1. The van der Waals surface area contributed by atoms with Crippen molar-refractivity contribution in [2.45, 2.75) is 11.8 Å². The molecule has 0 fully saturated rings. The van der Waals surface area contributed by atoms with Crippen LogP contribution in [0.2, 0.25) is 5.02 Å². The summed E-state index contributed by atoms with van der Waals surface area (Å²) in [5.74, 6) is 0. The van der Waals surface area contributed by atoms with Crippen molar-refractivity contribution in [3.8, 4) is 0 Å². The highest BCUT2D eigenvalue weighted by atomic mass is 35.5. The molecule has 0 saturated heterocycles. The van der Waals surface area contributed by atoms with Gasteiger partial charge in [0.2, 0.25) is 0 Å². The minimum Gasteiger partial charge on any atom is -0.274 e. The molecule has 0 radical (unpaired) electrons. The Morgan fingerprint density at radius 1 is 1.00 bits per heavy atom. The molecular formula is C13H12ClNO3S. The zero-order valence-electron chi connectivity index (χ0n) is 10.1. The molecule has 2 aromatic rings. The van der Waals surface area contributed by atoms with E-state index in [0.717, 1.165) is 5.56 Å². The third-order valence-corrected chi connectivity index (χ3v) is 4.38. The first-order chi connectivity index (χ1) is 8.91. The molecule has 0 aliphatic rings. The lowest BCUT2D eigenvalue weighted by Crippen LogP contribution is -2.27. The Hall–Kier alpha value is -1.56. The molecule has 4 nitrogen and oxygen atoms in total. The highest BCUT2D eigenvalue weighted by molar-refractivity contribution is 7.92. The average Bonchev–Trinajstić information content (AvgIpc) is 2.39. The molecule has 1 N–H and O–H groups in total. The number of halogens is 1. The van der Waals surface area contributed by atoms with Crippen LogP contribution in [0, 0.1) is 6.92 Å². The largest absolute Gasteiger partial charge is 0.286 e. The molecule has 0 saturated carbocycles. The fourth-order valence-corrected chi connectivity index (χ4v) is 2.72. The second-order valence-electron chi connectivity index (χ2n) is 4.04. The minimum atomic E-state index is -3.98. The molecule has 0 atom stereocenters. The summed E-state index contributed by atoms with van der Waals surface area (Å²) in [7, 11) is -3.98. The molecule has 19 heavy (non-hydrogen) atoms. The summed E-state index contributed by atoms with van der Waals surface area (Å²) in [5, 5.41) is 10.3. The van der Waals surface area contributed by atoms with Crippen LogP contribution in [-0.4, -0.2) is 13.6 Å². The first-order valence-corrected chi connectivity index (χ1v) is 7.29. The first-order valence-electron chi connectivity index (χ1n) is 5.48. The van der Waals surface area contributed by atoms with Gasteiger partial charge in [-0.25, -0.2) is 0 Å². The van der Waals surface area contributed by atoms with Gasteiger partial charge in [0.05, 0.1) is 10.6 Å². The van der Waals surface area contributed by atoms with Gasteiger partial charge >= 0.3 is 0 Å². The number of anilines is 1. The van der Waals surface area contributed by atoms with E-state index in [9.17, 15) is 13.6 Å². The van der Waals surface area contributed by atoms with Gasteiger partial charge in [0.1, 0.15) is 0 Å². The Labute approximate surface area is 116 Å². The summed E-state index contributed by atoms with van der Waals surface area (Å²) in [6.45, 7) is 1.85. The second-order valence-corrected chi connectivity index (χ2v) is 6.24. The highest BCUT2D eigenvalue weighted by Gasteiger charge is 2.23. The predicted molar refractivity (Wildman–Crippen MR) is 74.1 cm³/mol. The first kappa shape index (κ1) is 13.9. The Balaban J connectivity index is 2.39. The maximum absolute atomic E-state index is 12.2. The topological polar surface area (TPSA) is 57.6 Å². The zero-order chi connectivity index (χ0) is 14.0. The molecule has 0 aromatic heterocycles. The van der Waals surface area contributed by atoms with Gasteiger partial charge in [-0.3, -0.25) is 5.21 Å². The van der Waals surface area contributed by atoms with Gasteiger partial charge < -0.3 is 0 Å². The van der Waals surface area contributed by atoms with Crippen molar-refractivity contribution in [2.75, 3.05) is 4.47 Å². The van der Waals surface area contributed by atoms with Crippen molar-refractivity contribution in [3.05, 3.63) is 59.1 Å². The summed E-state index contributed by atoms with van der Waals surface area (Å²) < 4.78 is 24.6. The number of nitrogens with zero attached hydrogens (tertiary/aromatic N) is 1. The van der Waals surface area contributed by atoms with Crippen molar-refractivity contribution in [1.29, 1.82) is 0 Å². The molecule has 0 heterocycles. The Morgan fingerprint density at radius 2 is 1.53 bits per heavy atom. The normalized spacial score (nSPS) is 11.3. The number of hydrogen-bond acceptors (Lipinski definition) is 3. The van der Waals surface area contributed by atoms with Gasteiger partial charge in [-0.2, -0.15) is 8.42 Å². The van der Waals surface area contributed by atoms with Gasteiger partial charge in [-0.15, -0.1) is 4.47 Å². The quantitative estimate of drug-likeness (QED) is 0.885. The Bertz CT molecular complexity index is 666. The van der Waals surface area contributed by atoms with Crippen LogP contribution >= 0.6 is 11.6 Å². The maximum Gasteiger partial charge on any atom is 0.286 e. The number of benzene rings is 2. The predicted octanol–water partition coefficient (Wildman–Crippen LogP) is 3.23. The average molecular weight is 298 g/mol.